The van der Waals surface area contributed by atoms with E-state index in [0.29, 0.717) is 15.1 Å². The first-order valence-corrected chi connectivity index (χ1v) is 8.25. The molecule has 0 radical (unpaired) electrons. The van der Waals surface area contributed by atoms with Crippen molar-refractivity contribution in [3.8, 4) is 0 Å². The Morgan fingerprint density at radius 3 is 2.58 bits per heavy atom. The molecule has 2 nitrogen and oxygen atoms in total. The molecule has 0 fully saturated rings. The van der Waals surface area contributed by atoms with Crippen LogP contribution in [0, 0.1) is 5.82 Å². The molecule has 0 aromatic heterocycles. The van der Waals surface area contributed by atoms with E-state index in [1.54, 1.807) is 24.3 Å². The molecule has 0 aliphatic carbocycles. The SMILES string of the molecule is Nc1ccc(Br)cc1S(=O)Cc1ccc(F)cc1Br. The summed E-state index contributed by atoms with van der Waals surface area (Å²) in [4.78, 5) is 0.575. The minimum Gasteiger partial charge on any atom is -0.398 e. The standard InChI is InChI=1S/C13H10Br2FNOS/c14-9-2-4-12(17)13(5-9)19(18)7-8-1-3-10(16)6-11(8)15/h1-6H,7,17H2. The molecule has 1 atom stereocenters. The van der Waals surface area contributed by atoms with E-state index in [9.17, 15) is 8.60 Å². The van der Waals surface area contributed by atoms with Crippen LogP contribution in [0.1, 0.15) is 5.56 Å². The van der Waals surface area contributed by atoms with Gasteiger partial charge in [0.1, 0.15) is 5.82 Å². The second-order valence-corrected chi connectivity index (χ2v) is 7.10. The van der Waals surface area contributed by atoms with Crippen molar-refractivity contribution in [2.75, 3.05) is 5.73 Å². The highest BCUT2D eigenvalue weighted by molar-refractivity contribution is 9.10. The highest BCUT2D eigenvalue weighted by atomic mass is 79.9. The summed E-state index contributed by atoms with van der Waals surface area (Å²) >= 11 is 6.59. The van der Waals surface area contributed by atoms with Crippen LogP contribution in [0.25, 0.3) is 0 Å². The summed E-state index contributed by atoms with van der Waals surface area (Å²) in [6.45, 7) is 0. The predicted molar refractivity (Wildman–Crippen MR) is 82.8 cm³/mol. The molecule has 6 heteroatoms. The molecule has 0 aliphatic heterocycles. The predicted octanol–water partition coefficient (Wildman–Crippen LogP) is 4.24. The van der Waals surface area contributed by atoms with Gasteiger partial charge in [-0.05, 0) is 35.9 Å². The molecular weight excluding hydrogens is 397 g/mol. The van der Waals surface area contributed by atoms with Gasteiger partial charge in [-0.2, -0.15) is 0 Å². The maximum atomic E-state index is 13.0. The largest absolute Gasteiger partial charge is 0.398 e. The van der Waals surface area contributed by atoms with Crippen LogP contribution in [0.5, 0.6) is 0 Å². The second kappa shape index (κ2) is 6.15. The smallest absolute Gasteiger partial charge is 0.124 e. The Bertz CT molecular complexity index is 649. The first kappa shape index (κ1) is 14.7. The molecule has 1 unspecified atom stereocenters. The number of hydrogen-bond donors (Lipinski definition) is 1. The van der Waals surface area contributed by atoms with Gasteiger partial charge in [-0.3, -0.25) is 4.21 Å². The molecule has 2 aromatic rings. The van der Waals surface area contributed by atoms with Gasteiger partial charge in [0.25, 0.3) is 0 Å². The van der Waals surface area contributed by atoms with E-state index in [0.717, 1.165) is 10.0 Å². The molecule has 2 N–H and O–H groups in total. The van der Waals surface area contributed by atoms with Crippen LogP contribution < -0.4 is 5.73 Å². The van der Waals surface area contributed by atoms with Gasteiger partial charge in [0, 0.05) is 14.6 Å². The number of benzene rings is 2. The van der Waals surface area contributed by atoms with Crippen LogP contribution in [-0.4, -0.2) is 4.21 Å². The molecule has 0 spiro atoms. The molecular formula is C13H10Br2FNOS. The van der Waals surface area contributed by atoms with Crippen molar-refractivity contribution < 1.29 is 8.60 Å². The summed E-state index contributed by atoms with van der Waals surface area (Å²) in [5.74, 6) is -0.0509. The van der Waals surface area contributed by atoms with Crippen LogP contribution in [0.15, 0.2) is 50.2 Å². The minimum absolute atomic E-state index is 0.279. The average molecular weight is 407 g/mol. The number of anilines is 1. The summed E-state index contributed by atoms with van der Waals surface area (Å²) < 4.78 is 26.7. The second-order valence-electron chi connectivity index (χ2n) is 3.91. The summed E-state index contributed by atoms with van der Waals surface area (Å²) in [6, 6.07) is 9.56. The Labute approximate surface area is 129 Å². The van der Waals surface area contributed by atoms with Crippen molar-refractivity contribution in [1.82, 2.24) is 0 Å². The van der Waals surface area contributed by atoms with E-state index in [2.05, 4.69) is 31.9 Å². The van der Waals surface area contributed by atoms with Crippen LogP contribution in [0.3, 0.4) is 0 Å². The molecule has 0 amide bonds. The normalized spacial score (nSPS) is 12.4. The van der Waals surface area contributed by atoms with Gasteiger partial charge in [0.15, 0.2) is 0 Å². The zero-order valence-corrected chi connectivity index (χ0v) is 13.7. The van der Waals surface area contributed by atoms with E-state index in [1.807, 2.05) is 0 Å². The fraction of sp³-hybridized carbons (Fsp3) is 0.0769. The molecule has 2 rings (SSSR count). The Balaban J connectivity index is 2.28. The lowest BCUT2D eigenvalue weighted by Crippen LogP contribution is -2.01. The van der Waals surface area contributed by atoms with Crippen molar-refractivity contribution in [1.29, 1.82) is 0 Å². The monoisotopic (exact) mass is 405 g/mol. The van der Waals surface area contributed by atoms with Gasteiger partial charge in [0.05, 0.1) is 21.4 Å². The van der Waals surface area contributed by atoms with E-state index in [-0.39, 0.29) is 11.6 Å². The molecule has 0 heterocycles. The highest BCUT2D eigenvalue weighted by Crippen LogP contribution is 2.26. The summed E-state index contributed by atoms with van der Waals surface area (Å²) in [7, 11) is -1.28. The van der Waals surface area contributed by atoms with Crippen molar-refractivity contribution >= 4 is 48.3 Å². The van der Waals surface area contributed by atoms with Crippen LogP contribution >= 0.6 is 31.9 Å². The number of hydrogen-bond acceptors (Lipinski definition) is 2. The molecule has 2 aromatic carbocycles. The van der Waals surface area contributed by atoms with E-state index < -0.39 is 10.8 Å². The first-order valence-electron chi connectivity index (χ1n) is 5.34. The molecule has 100 valence electrons. The van der Waals surface area contributed by atoms with Crippen molar-refractivity contribution in [2.45, 2.75) is 10.6 Å². The third-order valence-corrected chi connectivity index (χ3v) is 5.17. The summed E-state index contributed by atoms with van der Waals surface area (Å²) in [5.41, 5.74) is 7.08. The summed E-state index contributed by atoms with van der Waals surface area (Å²) in [6.07, 6.45) is 0. The van der Waals surface area contributed by atoms with Crippen LogP contribution in [-0.2, 0) is 16.6 Å². The van der Waals surface area contributed by atoms with Gasteiger partial charge >= 0.3 is 0 Å². The Morgan fingerprint density at radius 1 is 1.16 bits per heavy atom. The summed E-state index contributed by atoms with van der Waals surface area (Å²) in [5, 5.41) is 0. The number of halogens is 3. The molecule has 0 bridgehead atoms. The Kier molecular flexibility index (Phi) is 4.76. The maximum absolute atomic E-state index is 13.0. The van der Waals surface area contributed by atoms with Gasteiger partial charge in [-0.1, -0.05) is 37.9 Å². The van der Waals surface area contributed by atoms with Crippen LogP contribution in [0.2, 0.25) is 0 Å². The van der Waals surface area contributed by atoms with E-state index >= 15 is 0 Å². The van der Waals surface area contributed by atoms with Crippen LogP contribution in [0.4, 0.5) is 10.1 Å². The average Bonchev–Trinajstić information content (AvgIpc) is 2.35. The highest BCUT2D eigenvalue weighted by Gasteiger charge is 2.12. The number of nitrogen functional groups attached to an aromatic ring is 1. The quantitative estimate of drug-likeness (QED) is 0.774. The Morgan fingerprint density at radius 2 is 1.89 bits per heavy atom. The molecule has 0 aliphatic rings. The molecule has 0 saturated heterocycles. The van der Waals surface area contributed by atoms with Gasteiger partial charge in [-0.15, -0.1) is 0 Å². The van der Waals surface area contributed by atoms with Gasteiger partial charge in [-0.25, -0.2) is 4.39 Å². The van der Waals surface area contributed by atoms with Crippen molar-refractivity contribution in [3.05, 3.63) is 56.7 Å². The minimum atomic E-state index is -1.28. The lowest BCUT2D eigenvalue weighted by Gasteiger charge is -2.08. The molecule has 19 heavy (non-hydrogen) atoms. The van der Waals surface area contributed by atoms with Crippen molar-refractivity contribution in [3.63, 3.8) is 0 Å². The first-order chi connectivity index (χ1) is 8.97. The fourth-order valence-corrected chi connectivity index (χ4v) is 4.03. The topological polar surface area (TPSA) is 43.1 Å². The zero-order chi connectivity index (χ0) is 14.0. The van der Waals surface area contributed by atoms with Gasteiger partial charge in [0.2, 0.25) is 0 Å². The number of rotatable bonds is 3. The zero-order valence-electron chi connectivity index (χ0n) is 9.70. The third-order valence-electron chi connectivity index (χ3n) is 2.52. The number of nitrogens with two attached hydrogens (primary N) is 1. The fourth-order valence-electron chi connectivity index (χ4n) is 1.56. The van der Waals surface area contributed by atoms with Gasteiger partial charge < -0.3 is 5.73 Å². The lowest BCUT2D eigenvalue weighted by molar-refractivity contribution is 0.626. The van der Waals surface area contributed by atoms with E-state index in [4.69, 9.17) is 5.73 Å². The van der Waals surface area contributed by atoms with Crippen molar-refractivity contribution in [2.24, 2.45) is 0 Å². The lowest BCUT2D eigenvalue weighted by atomic mass is 10.2. The van der Waals surface area contributed by atoms with E-state index in [1.165, 1.54) is 12.1 Å². The maximum Gasteiger partial charge on any atom is 0.124 e. The Hall–Kier alpha value is -0.720. The molecule has 0 saturated carbocycles. The third kappa shape index (κ3) is 3.64.